The van der Waals surface area contributed by atoms with Crippen LogP contribution in [0.25, 0.3) is 6.08 Å². The van der Waals surface area contributed by atoms with Crippen LogP contribution in [0.2, 0.25) is 0 Å². The lowest BCUT2D eigenvalue weighted by Gasteiger charge is -2.27. The van der Waals surface area contributed by atoms with Crippen LogP contribution in [0.5, 0.6) is 11.5 Å². The van der Waals surface area contributed by atoms with Crippen molar-refractivity contribution in [3.05, 3.63) is 64.6 Å². The van der Waals surface area contributed by atoms with Crippen LogP contribution in [-0.4, -0.2) is 35.3 Å². The average Bonchev–Trinajstić information content (AvgIpc) is 2.96. The monoisotopic (exact) mass is 414 g/mol. The van der Waals surface area contributed by atoms with Crippen LogP contribution in [0, 0.1) is 0 Å². The van der Waals surface area contributed by atoms with Crippen molar-refractivity contribution in [2.24, 2.45) is 0 Å². The van der Waals surface area contributed by atoms with Gasteiger partial charge in [0, 0.05) is 5.56 Å². The molecule has 6 nitrogen and oxygen atoms in total. The third kappa shape index (κ3) is 3.88. The van der Waals surface area contributed by atoms with Crippen LogP contribution < -0.4 is 14.6 Å². The molecule has 1 aliphatic heterocycles. The van der Waals surface area contributed by atoms with Crippen molar-refractivity contribution >= 4 is 46.3 Å². The van der Waals surface area contributed by atoms with Gasteiger partial charge < -0.3 is 19.4 Å². The normalized spacial score (nSPS) is 16.4. The Bertz CT molecular complexity index is 958. The SMILES string of the molecule is COc1ccc(OC)c(/C=C2/SC(=S)N([C@@H](C(=O)[O-])c3ccccc3)C2=O)c1. The fourth-order valence-corrected chi connectivity index (χ4v) is 4.13. The number of carbonyl (C=O) groups excluding carboxylic acids is 2. The summed E-state index contributed by atoms with van der Waals surface area (Å²) in [4.78, 5) is 26.1. The summed E-state index contributed by atoms with van der Waals surface area (Å²) in [5.74, 6) is -0.759. The number of amides is 1. The van der Waals surface area contributed by atoms with Crippen molar-refractivity contribution in [3.8, 4) is 11.5 Å². The third-order valence-electron chi connectivity index (χ3n) is 4.14. The molecule has 0 saturated carbocycles. The number of rotatable bonds is 6. The van der Waals surface area contributed by atoms with Gasteiger partial charge in [-0.05, 0) is 29.8 Å². The van der Waals surface area contributed by atoms with Crippen molar-refractivity contribution in [2.75, 3.05) is 14.2 Å². The average molecular weight is 414 g/mol. The number of benzene rings is 2. The number of carbonyl (C=O) groups is 2. The maximum Gasteiger partial charge on any atom is 0.267 e. The highest BCUT2D eigenvalue weighted by Crippen LogP contribution is 2.39. The fraction of sp³-hybridized carbons (Fsp3) is 0.150. The van der Waals surface area contributed by atoms with Crippen LogP contribution in [0.1, 0.15) is 17.2 Å². The molecule has 0 aliphatic carbocycles. The second-order valence-electron chi connectivity index (χ2n) is 5.79. The number of hydrogen-bond donors (Lipinski definition) is 0. The van der Waals surface area contributed by atoms with E-state index < -0.39 is 17.9 Å². The quantitative estimate of drug-likeness (QED) is 0.530. The fourth-order valence-electron chi connectivity index (χ4n) is 2.82. The number of hydrogen-bond acceptors (Lipinski definition) is 7. The molecule has 1 fully saturated rings. The van der Waals surface area contributed by atoms with Gasteiger partial charge in [0.2, 0.25) is 0 Å². The van der Waals surface area contributed by atoms with Crippen LogP contribution in [0.15, 0.2) is 53.4 Å². The van der Waals surface area contributed by atoms with E-state index in [9.17, 15) is 14.7 Å². The number of thiocarbonyl (C=S) groups is 1. The van der Waals surface area contributed by atoms with Gasteiger partial charge in [-0.2, -0.15) is 0 Å². The molecular formula is C20H16NO5S2-. The molecule has 2 aromatic rings. The van der Waals surface area contributed by atoms with E-state index in [-0.39, 0.29) is 4.32 Å². The molecule has 0 unspecified atom stereocenters. The minimum absolute atomic E-state index is 0.149. The number of carboxylic acids is 1. The van der Waals surface area contributed by atoms with E-state index in [0.29, 0.717) is 27.5 Å². The topological polar surface area (TPSA) is 78.9 Å². The van der Waals surface area contributed by atoms with Crippen molar-refractivity contribution in [3.63, 3.8) is 0 Å². The Morgan fingerprint density at radius 2 is 1.89 bits per heavy atom. The van der Waals surface area contributed by atoms with E-state index in [1.807, 2.05) is 0 Å². The van der Waals surface area contributed by atoms with Gasteiger partial charge in [0.05, 0.1) is 25.1 Å². The van der Waals surface area contributed by atoms with Gasteiger partial charge in [0.1, 0.15) is 21.9 Å². The van der Waals surface area contributed by atoms with Crippen LogP contribution >= 0.6 is 24.0 Å². The van der Waals surface area contributed by atoms with Crippen molar-refractivity contribution in [2.45, 2.75) is 6.04 Å². The summed E-state index contributed by atoms with van der Waals surface area (Å²) >= 11 is 6.33. The standard InChI is InChI=1S/C20H17NO5S2/c1-25-14-8-9-15(26-2)13(10-14)11-16-18(22)21(20(27)28-16)17(19(23)24)12-6-4-3-5-7-12/h3-11,17H,1-2H3,(H,23,24)/p-1/b16-11+/t17-/m1/s1. The summed E-state index contributed by atoms with van der Waals surface area (Å²) in [5, 5.41) is 11.8. The van der Waals surface area contributed by atoms with Gasteiger partial charge in [-0.25, -0.2) is 0 Å². The summed E-state index contributed by atoms with van der Waals surface area (Å²) in [7, 11) is 3.06. The van der Waals surface area contributed by atoms with Crippen LogP contribution in [0.3, 0.4) is 0 Å². The number of nitrogens with zero attached hydrogens (tertiary/aromatic N) is 1. The molecule has 28 heavy (non-hydrogen) atoms. The summed E-state index contributed by atoms with van der Waals surface area (Å²) in [5.41, 5.74) is 1.03. The molecule has 0 bridgehead atoms. The number of thioether (sulfide) groups is 1. The second kappa shape index (κ2) is 8.45. The highest BCUT2D eigenvalue weighted by Gasteiger charge is 2.38. The number of ether oxygens (including phenoxy) is 2. The molecule has 8 heteroatoms. The highest BCUT2D eigenvalue weighted by atomic mass is 32.2. The van der Waals surface area contributed by atoms with E-state index in [0.717, 1.165) is 16.7 Å². The van der Waals surface area contributed by atoms with Crippen LogP contribution in [0.4, 0.5) is 0 Å². The molecule has 1 atom stereocenters. The lowest BCUT2D eigenvalue weighted by molar-refractivity contribution is -0.310. The highest BCUT2D eigenvalue weighted by molar-refractivity contribution is 8.26. The first-order chi connectivity index (χ1) is 13.5. The molecule has 0 spiro atoms. The van der Waals surface area contributed by atoms with Gasteiger partial charge in [-0.1, -0.05) is 54.3 Å². The zero-order valence-electron chi connectivity index (χ0n) is 15.1. The lowest BCUT2D eigenvalue weighted by atomic mass is 10.1. The zero-order chi connectivity index (χ0) is 20.3. The van der Waals surface area contributed by atoms with Crippen molar-refractivity contribution in [1.82, 2.24) is 4.90 Å². The van der Waals surface area contributed by atoms with Gasteiger partial charge in [0.25, 0.3) is 5.91 Å². The number of carboxylic acid groups (broad SMARTS) is 1. The van der Waals surface area contributed by atoms with Crippen molar-refractivity contribution < 1.29 is 24.2 Å². The molecule has 0 radical (unpaired) electrons. The Hall–Kier alpha value is -2.84. The number of aliphatic carboxylic acids is 1. The second-order valence-corrected chi connectivity index (χ2v) is 7.47. The largest absolute Gasteiger partial charge is 0.547 e. The first-order valence-corrected chi connectivity index (χ1v) is 9.43. The molecule has 1 saturated heterocycles. The third-order valence-corrected chi connectivity index (χ3v) is 5.47. The molecule has 144 valence electrons. The molecule has 0 N–H and O–H groups in total. The molecule has 2 aromatic carbocycles. The van der Waals surface area contributed by atoms with Gasteiger partial charge in [0.15, 0.2) is 0 Å². The summed E-state index contributed by atoms with van der Waals surface area (Å²) < 4.78 is 10.7. The van der Waals surface area contributed by atoms with Crippen molar-refractivity contribution in [1.29, 1.82) is 0 Å². The van der Waals surface area contributed by atoms with Gasteiger partial charge >= 0.3 is 0 Å². The first-order valence-electron chi connectivity index (χ1n) is 8.21. The maximum atomic E-state index is 13.0. The molecule has 0 aromatic heterocycles. The predicted octanol–water partition coefficient (Wildman–Crippen LogP) is 2.40. The smallest absolute Gasteiger partial charge is 0.267 e. The van der Waals surface area contributed by atoms with E-state index >= 15 is 0 Å². The van der Waals surface area contributed by atoms with Gasteiger partial charge in [-0.3, -0.25) is 9.69 Å². The Labute approximate surface area is 171 Å². The van der Waals surface area contributed by atoms with E-state index in [4.69, 9.17) is 21.7 Å². The molecular weight excluding hydrogens is 398 g/mol. The Balaban J connectivity index is 2.00. The Kier molecular flexibility index (Phi) is 6.01. The lowest BCUT2D eigenvalue weighted by Crippen LogP contribution is -2.43. The summed E-state index contributed by atoms with van der Waals surface area (Å²) in [6.45, 7) is 0. The van der Waals surface area contributed by atoms with E-state index in [1.54, 1.807) is 54.6 Å². The van der Waals surface area contributed by atoms with E-state index in [2.05, 4.69) is 0 Å². The summed E-state index contributed by atoms with van der Waals surface area (Å²) in [6, 6.07) is 12.3. The maximum absolute atomic E-state index is 13.0. The predicted molar refractivity (Wildman–Crippen MR) is 109 cm³/mol. The molecule has 1 heterocycles. The summed E-state index contributed by atoms with van der Waals surface area (Å²) in [6.07, 6.45) is 1.61. The number of methoxy groups -OCH3 is 2. The Morgan fingerprint density at radius 1 is 1.18 bits per heavy atom. The van der Waals surface area contributed by atoms with Crippen LogP contribution in [-0.2, 0) is 9.59 Å². The minimum atomic E-state index is -1.40. The molecule has 1 amide bonds. The minimum Gasteiger partial charge on any atom is -0.547 e. The first kappa shape index (κ1) is 19.9. The Morgan fingerprint density at radius 3 is 2.50 bits per heavy atom. The van der Waals surface area contributed by atoms with E-state index in [1.165, 1.54) is 14.2 Å². The molecule has 3 rings (SSSR count). The zero-order valence-corrected chi connectivity index (χ0v) is 16.7. The van der Waals surface area contributed by atoms with Gasteiger partial charge in [-0.15, -0.1) is 0 Å². The molecule has 1 aliphatic rings.